The fourth-order valence-corrected chi connectivity index (χ4v) is 2.84. The third-order valence-electron chi connectivity index (χ3n) is 3.74. The molecule has 0 aliphatic heterocycles. The Kier molecular flexibility index (Phi) is 4.96. The van der Waals surface area contributed by atoms with Crippen LogP contribution in [0.15, 0.2) is 41.6 Å². The Bertz CT molecular complexity index is 756. The van der Waals surface area contributed by atoms with Gasteiger partial charge in [-0.15, -0.1) is 0 Å². The molecule has 2 aromatic rings. The normalized spacial score (nSPS) is 14.0. The molecule has 0 aliphatic carbocycles. The fourth-order valence-electron chi connectivity index (χ4n) is 2.21. The van der Waals surface area contributed by atoms with Crippen LogP contribution in [0.3, 0.4) is 0 Å². The van der Waals surface area contributed by atoms with E-state index in [2.05, 4.69) is 38.1 Å². The maximum absolute atomic E-state index is 11.5. The number of rotatable bonds is 5. The van der Waals surface area contributed by atoms with Gasteiger partial charge < -0.3 is 5.32 Å². The molecule has 1 aromatic heterocycles. The van der Waals surface area contributed by atoms with Gasteiger partial charge in [0.1, 0.15) is 0 Å². The van der Waals surface area contributed by atoms with Crippen molar-refractivity contribution in [1.29, 1.82) is 0 Å². The maximum atomic E-state index is 11.5. The number of hydrogen-bond donors (Lipinski definition) is 1. The Hall–Kier alpha value is -1.66. The minimum absolute atomic E-state index is 0.0225. The minimum Gasteiger partial charge on any atom is -0.306 e. The molecule has 0 radical (unpaired) electrons. The lowest BCUT2D eigenvalue weighted by Gasteiger charge is -2.18. The zero-order valence-electron chi connectivity index (χ0n) is 14.4. The summed E-state index contributed by atoms with van der Waals surface area (Å²) >= 11 is 0. The summed E-state index contributed by atoms with van der Waals surface area (Å²) in [6.07, 6.45) is 5.14. The summed E-state index contributed by atoms with van der Waals surface area (Å²) in [4.78, 5) is 0.347. The SMILES string of the molecule is C[C@H](NCc1cnn(C(C)(C)C)c1)c1ccc(S(C)(=O)=O)cc1. The Morgan fingerprint density at radius 1 is 1.22 bits per heavy atom. The predicted molar refractivity (Wildman–Crippen MR) is 92.0 cm³/mol. The molecule has 0 spiro atoms. The number of hydrogen-bond acceptors (Lipinski definition) is 4. The van der Waals surface area contributed by atoms with Gasteiger partial charge in [-0.1, -0.05) is 12.1 Å². The molecule has 0 fully saturated rings. The molecule has 23 heavy (non-hydrogen) atoms. The van der Waals surface area contributed by atoms with E-state index in [1.807, 2.05) is 29.2 Å². The van der Waals surface area contributed by atoms with Crippen molar-refractivity contribution < 1.29 is 8.42 Å². The highest BCUT2D eigenvalue weighted by molar-refractivity contribution is 7.90. The van der Waals surface area contributed by atoms with E-state index in [-0.39, 0.29) is 11.6 Å². The van der Waals surface area contributed by atoms with Crippen LogP contribution in [-0.2, 0) is 21.9 Å². The summed E-state index contributed by atoms with van der Waals surface area (Å²) in [6.45, 7) is 9.12. The number of benzene rings is 1. The average Bonchev–Trinajstić information content (AvgIpc) is 2.93. The van der Waals surface area contributed by atoms with Crippen molar-refractivity contribution in [2.24, 2.45) is 0 Å². The third-order valence-corrected chi connectivity index (χ3v) is 4.87. The van der Waals surface area contributed by atoms with E-state index >= 15 is 0 Å². The first-order chi connectivity index (χ1) is 10.6. The Labute approximate surface area is 138 Å². The van der Waals surface area contributed by atoms with Crippen molar-refractivity contribution in [1.82, 2.24) is 15.1 Å². The van der Waals surface area contributed by atoms with Crippen LogP contribution >= 0.6 is 0 Å². The van der Waals surface area contributed by atoms with E-state index in [0.717, 1.165) is 11.1 Å². The molecular weight excluding hydrogens is 310 g/mol. The average molecular weight is 335 g/mol. The molecule has 1 N–H and O–H groups in total. The van der Waals surface area contributed by atoms with Crippen LogP contribution in [0, 0.1) is 0 Å². The minimum atomic E-state index is -3.14. The lowest BCUT2D eigenvalue weighted by molar-refractivity contribution is 0.355. The zero-order valence-corrected chi connectivity index (χ0v) is 15.2. The molecule has 0 saturated heterocycles. The Morgan fingerprint density at radius 3 is 2.30 bits per heavy atom. The first-order valence-electron chi connectivity index (χ1n) is 7.65. The van der Waals surface area contributed by atoms with Crippen LogP contribution in [0.25, 0.3) is 0 Å². The van der Waals surface area contributed by atoms with Gasteiger partial charge in [0, 0.05) is 30.6 Å². The van der Waals surface area contributed by atoms with Crippen LogP contribution in [0.2, 0.25) is 0 Å². The molecule has 1 atom stereocenters. The lowest BCUT2D eigenvalue weighted by Crippen LogP contribution is -2.22. The van der Waals surface area contributed by atoms with Gasteiger partial charge in [-0.2, -0.15) is 5.10 Å². The van der Waals surface area contributed by atoms with Crippen LogP contribution in [0.1, 0.15) is 44.9 Å². The molecule has 1 heterocycles. The summed E-state index contributed by atoms with van der Waals surface area (Å²) in [5, 5.41) is 7.82. The van der Waals surface area contributed by atoms with Crippen molar-refractivity contribution in [3.8, 4) is 0 Å². The molecule has 0 unspecified atom stereocenters. The first kappa shape index (κ1) is 17.7. The highest BCUT2D eigenvalue weighted by Gasteiger charge is 2.14. The van der Waals surface area contributed by atoms with Gasteiger partial charge in [0.15, 0.2) is 9.84 Å². The van der Waals surface area contributed by atoms with Crippen molar-refractivity contribution in [3.63, 3.8) is 0 Å². The molecule has 5 nitrogen and oxygen atoms in total. The van der Waals surface area contributed by atoms with Crippen molar-refractivity contribution in [3.05, 3.63) is 47.8 Å². The van der Waals surface area contributed by atoms with Gasteiger partial charge in [-0.05, 0) is 45.4 Å². The number of nitrogens with zero attached hydrogens (tertiary/aromatic N) is 2. The molecule has 0 aliphatic rings. The number of nitrogens with one attached hydrogen (secondary N) is 1. The standard InChI is InChI=1S/C17H25N3O2S/c1-13(15-6-8-16(9-7-15)23(5,21)22)18-10-14-11-19-20(12-14)17(2,3)4/h6-9,11-13,18H,10H2,1-5H3/t13-/m0/s1. The van der Waals surface area contributed by atoms with E-state index < -0.39 is 9.84 Å². The fraction of sp³-hybridized carbons (Fsp3) is 0.471. The van der Waals surface area contributed by atoms with Gasteiger partial charge in [0.25, 0.3) is 0 Å². The van der Waals surface area contributed by atoms with Gasteiger partial charge >= 0.3 is 0 Å². The second-order valence-electron chi connectivity index (χ2n) is 6.91. The Morgan fingerprint density at radius 2 is 1.83 bits per heavy atom. The summed E-state index contributed by atoms with van der Waals surface area (Å²) in [5.41, 5.74) is 2.16. The zero-order chi connectivity index (χ0) is 17.3. The molecule has 0 bridgehead atoms. The highest BCUT2D eigenvalue weighted by atomic mass is 32.2. The van der Waals surface area contributed by atoms with E-state index in [1.54, 1.807) is 12.1 Å². The number of aromatic nitrogens is 2. The topological polar surface area (TPSA) is 64.0 Å². The lowest BCUT2D eigenvalue weighted by atomic mass is 10.1. The molecular formula is C17H25N3O2S. The summed E-state index contributed by atoms with van der Waals surface area (Å²) in [7, 11) is -3.14. The van der Waals surface area contributed by atoms with E-state index in [4.69, 9.17) is 0 Å². The van der Waals surface area contributed by atoms with Crippen LogP contribution in [0.5, 0.6) is 0 Å². The summed E-state index contributed by atoms with van der Waals surface area (Å²) in [5.74, 6) is 0. The van der Waals surface area contributed by atoms with Crippen molar-refractivity contribution in [2.45, 2.75) is 50.7 Å². The summed E-state index contributed by atoms with van der Waals surface area (Å²) < 4.78 is 24.9. The van der Waals surface area contributed by atoms with Gasteiger partial charge in [-0.3, -0.25) is 4.68 Å². The van der Waals surface area contributed by atoms with Gasteiger partial charge in [0.05, 0.1) is 16.6 Å². The second kappa shape index (κ2) is 6.45. The van der Waals surface area contributed by atoms with E-state index in [1.165, 1.54) is 6.26 Å². The molecule has 0 saturated carbocycles. The maximum Gasteiger partial charge on any atom is 0.175 e. The first-order valence-corrected chi connectivity index (χ1v) is 9.54. The quantitative estimate of drug-likeness (QED) is 0.912. The third kappa shape index (κ3) is 4.65. The van der Waals surface area contributed by atoms with Gasteiger partial charge in [-0.25, -0.2) is 8.42 Å². The molecule has 2 rings (SSSR count). The predicted octanol–water partition coefficient (Wildman–Crippen LogP) is 2.89. The molecule has 0 amide bonds. The van der Waals surface area contributed by atoms with E-state index in [9.17, 15) is 8.42 Å². The summed E-state index contributed by atoms with van der Waals surface area (Å²) in [6, 6.07) is 7.14. The highest BCUT2D eigenvalue weighted by Crippen LogP contribution is 2.17. The smallest absolute Gasteiger partial charge is 0.175 e. The van der Waals surface area contributed by atoms with Crippen molar-refractivity contribution in [2.75, 3.05) is 6.26 Å². The van der Waals surface area contributed by atoms with Crippen LogP contribution in [0.4, 0.5) is 0 Å². The largest absolute Gasteiger partial charge is 0.306 e. The van der Waals surface area contributed by atoms with Crippen LogP contribution in [-0.4, -0.2) is 24.5 Å². The Balaban J connectivity index is 1.99. The van der Waals surface area contributed by atoms with Gasteiger partial charge in [0.2, 0.25) is 0 Å². The molecule has 1 aromatic carbocycles. The van der Waals surface area contributed by atoms with Crippen molar-refractivity contribution >= 4 is 9.84 Å². The molecule has 126 valence electrons. The monoisotopic (exact) mass is 335 g/mol. The van der Waals surface area contributed by atoms with Crippen LogP contribution < -0.4 is 5.32 Å². The number of sulfone groups is 1. The van der Waals surface area contributed by atoms with E-state index in [0.29, 0.717) is 11.4 Å². The second-order valence-corrected chi connectivity index (χ2v) is 8.92. The molecule has 6 heteroatoms.